The Morgan fingerprint density at radius 1 is 1.33 bits per heavy atom. The molecule has 1 fully saturated rings. The zero-order valence-electron chi connectivity index (χ0n) is 11.8. The first-order chi connectivity index (χ1) is 10.2. The van der Waals surface area contributed by atoms with Crippen molar-refractivity contribution in [3.05, 3.63) is 48.3 Å². The molecule has 0 aliphatic heterocycles. The highest BCUT2D eigenvalue weighted by atomic mass is 16.3. The van der Waals surface area contributed by atoms with Gasteiger partial charge in [-0.3, -0.25) is 4.79 Å². The van der Waals surface area contributed by atoms with E-state index in [1.165, 1.54) is 0 Å². The Bertz CT molecular complexity index is 609. The highest BCUT2D eigenvalue weighted by Gasteiger charge is 2.25. The van der Waals surface area contributed by atoms with Gasteiger partial charge in [-0.15, -0.1) is 0 Å². The van der Waals surface area contributed by atoms with E-state index in [9.17, 15) is 9.90 Å². The Hall–Kier alpha value is -2.14. The Balaban J connectivity index is 1.62. The van der Waals surface area contributed by atoms with Crippen LogP contribution in [0.1, 0.15) is 29.6 Å². The number of carbonyl (C=O) groups is 1. The van der Waals surface area contributed by atoms with Gasteiger partial charge in [0.1, 0.15) is 0 Å². The molecule has 1 aromatic heterocycles. The fourth-order valence-corrected chi connectivity index (χ4v) is 2.74. The van der Waals surface area contributed by atoms with Gasteiger partial charge in [0.15, 0.2) is 0 Å². The van der Waals surface area contributed by atoms with Gasteiger partial charge in [-0.1, -0.05) is 24.6 Å². The molecule has 5 heteroatoms. The van der Waals surface area contributed by atoms with Crippen LogP contribution in [0.2, 0.25) is 0 Å². The lowest BCUT2D eigenvalue weighted by Crippen LogP contribution is -2.32. The normalized spacial score (nSPS) is 21.4. The molecule has 0 bridgehead atoms. The summed E-state index contributed by atoms with van der Waals surface area (Å²) in [7, 11) is 0. The standard InChI is InChI=1S/C16H19N3O2/c20-15-8-4-5-12(15)9-17-16(21)13-10-18-19(11-13)14-6-2-1-3-7-14/h1-3,6-7,10-12,15,20H,4-5,8-9H2,(H,17,21). The summed E-state index contributed by atoms with van der Waals surface area (Å²) in [4.78, 5) is 12.1. The third-order valence-corrected chi connectivity index (χ3v) is 4.01. The fourth-order valence-electron chi connectivity index (χ4n) is 2.74. The zero-order valence-corrected chi connectivity index (χ0v) is 11.8. The average Bonchev–Trinajstić information content (AvgIpc) is 3.15. The molecule has 1 saturated carbocycles. The molecule has 2 N–H and O–H groups in total. The second kappa shape index (κ2) is 6.10. The molecular weight excluding hydrogens is 266 g/mol. The number of aliphatic hydroxyl groups is 1. The minimum atomic E-state index is -0.280. The highest BCUT2D eigenvalue weighted by Crippen LogP contribution is 2.24. The maximum atomic E-state index is 12.1. The van der Waals surface area contributed by atoms with E-state index in [1.54, 1.807) is 17.1 Å². The number of aromatic nitrogens is 2. The number of hydrogen-bond acceptors (Lipinski definition) is 3. The van der Waals surface area contributed by atoms with Crippen molar-refractivity contribution >= 4 is 5.91 Å². The van der Waals surface area contributed by atoms with Crippen molar-refractivity contribution in [1.82, 2.24) is 15.1 Å². The molecule has 5 nitrogen and oxygen atoms in total. The number of nitrogens with zero attached hydrogens (tertiary/aromatic N) is 2. The zero-order chi connectivity index (χ0) is 14.7. The van der Waals surface area contributed by atoms with Gasteiger partial charge in [-0.25, -0.2) is 4.68 Å². The van der Waals surface area contributed by atoms with E-state index in [0.717, 1.165) is 24.9 Å². The van der Waals surface area contributed by atoms with E-state index < -0.39 is 0 Å². The predicted molar refractivity (Wildman–Crippen MR) is 79.2 cm³/mol. The Morgan fingerprint density at radius 3 is 2.86 bits per heavy atom. The molecule has 1 heterocycles. The minimum absolute atomic E-state index is 0.142. The van der Waals surface area contributed by atoms with Crippen LogP contribution in [-0.4, -0.2) is 33.4 Å². The van der Waals surface area contributed by atoms with E-state index >= 15 is 0 Å². The third kappa shape index (κ3) is 3.13. The van der Waals surface area contributed by atoms with Crippen molar-refractivity contribution in [3.8, 4) is 5.69 Å². The second-order valence-electron chi connectivity index (χ2n) is 5.48. The monoisotopic (exact) mass is 285 g/mol. The first-order valence-corrected chi connectivity index (χ1v) is 7.30. The van der Waals surface area contributed by atoms with Gasteiger partial charge in [0.05, 0.1) is 23.6 Å². The van der Waals surface area contributed by atoms with Gasteiger partial charge < -0.3 is 10.4 Å². The Morgan fingerprint density at radius 2 is 2.14 bits per heavy atom. The lowest BCUT2D eigenvalue weighted by molar-refractivity contribution is 0.0917. The molecule has 3 rings (SSSR count). The summed E-state index contributed by atoms with van der Waals surface area (Å²) in [6.07, 6.45) is 5.85. The molecule has 0 spiro atoms. The molecule has 0 saturated heterocycles. The first kappa shape index (κ1) is 13.8. The molecule has 2 aromatic rings. The Labute approximate surface area is 123 Å². The van der Waals surface area contributed by atoms with Crippen LogP contribution in [0.4, 0.5) is 0 Å². The van der Waals surface area contributed by atoms with Gasteiger partial charge in [-0.2, -0.15) is 5.10 Å². The van der Waals surface area contributed by atoms with Gasteiger partial charge in [0.25, 0.3) is 5.91 Å². The first-order valence-electron chi connectivity index (χ1n) is 7.30. The number of nitrogens with one attached hydrogen (secondary N) is 1. The lowest BCUT2D eigenvalue weighted by Gasteiger charge is -2.14. The molecular formula is C16H19N3O2. The number of hydrogen-bond donors (Lipinski definition) is 2. The largest absolute Gasteiger partial charge is 0.393 e. The SMILES string of the molecule is O=C(NCC1CCCC1O)c1cnn(-c2ccccc2)c1. The maximum absolute atomic E-state index is 12.1. The van der Waals surface area contributed by atoms with E-state index in [-0.39, 0.29) is 17.9 Å². The predicted octanol–water partition coefficient (Wildman–Crippen LogP) is 1.76. The van der Waals surface area contributed by atoms with Crippen molar-refractivity contribution in [1.29, 1.82) is 0 Å². The Kier molecular flexibility index (Phi) is 4.01. The topological polar surface area (TPSA) is 67.2 Å². The summed E-state index contributed by atoms with van der Waals surface area (Å²) in [6.45, 7) is 0.524. The summed E-state index contributed by atoms with van der Waals surface area (Å²) in [5.74, 6) is 0.0365. The van der Waals surface area contributed by atoms with Crippen LogP contribution in [0.3, 0.4) is 0 Å². The summed E-state index contributed by atoms with van der Waals surface area (Å²) in [5.41, 5.74) is 1.45. The molecule has 1 aliphatic carbocycles. The van der Waals surface area contributed by atoms with Crippen molar-refractivity contribution < 1.29 is 9.90 Å². The van der Waals surface area contributed by atoms with E-state index in [1.807, 2.05) is 30.3 Å². The molecule has 21 heavy (non-hydrogen) atoms. The maximum Gasteiger partial charge on any atom is 0.254 e. The van der Waals surface area contributed by atoms with Crippen LogP contribution in [0, 0.1) is 5.92 Å². The van der Waals surface area contributed by atoms with Crippen LogP contribution >= 0.6 is 0 Å². The van der Waals surface area contributed by atoms with Gasteiger partial charge in [-0.05, 0) is 25.0 Å². The van der Waals surface area contributed by atoms with Crippen molar-refractivity contribution in [2.24, 2.45) is 5.92 Å². The summed E-state index contributed by atoms with van der Waals surface area (Å²) < 4.78 is 1.68. The van der Waals surface area contributed by atoms with Crippen molar-refractivity contribution in [3.63, 3.8) is 0 Å². The molecule has 1 aliphatic rings. The second-order valence-corrected chi connectivity index (χ2v) is 5.48. The summed E-state index contributed by atoms with van der Waals surface area (Å²) in [5, 5.41) is 16.8. The van der Waals surface area contributed by atoms with E-state index in [2.05, 4.69) is 10.4 Å². The van der Waals surface area contributed by atoms with E-state index in [4.69, 9.17) is 0 Å². The summed E-state index contributed by atoms with van der Waals surface area (Å²) >= 11 is 0. The van der Waals surface area contributed by atoms with Crippen LogP contribution < -0.4 is 5.32 Å². The van der Waals surface area contributed by atoms with Crippen LogP contribution in [0.25, 0.3) is 5.69 Å². The summed E-state index contributed by atoms with van der Waals surface area (Å²) in [6, 6.07) is 9.66. The van der Waals surface area contributed by atoms with Gasteiger partial charge in [0.2, 0.25) is 0 Å². The van der Waals surface area contributed by atoms with Gasteiger partial charge >= 0.3 is 0 Å². The molecule has 1 amide bonds. The molecule has 110 valence electrons. The van der Waals surface area contributed by atoms with Gasteiger partial charge in [0, 0.05) is 18.7 Å². The van der Waals surface area contributed by atoms with Crippen molar-refractivity contribution in [2.75, 3.05) is 6.54 Å². The number of benzene rings is 1. The molecule has 0 radical (unpaired) electrons. The molecule has 2 unspecified atom stereocenters. The number of para-hydroxylation sites is 1. The smallest absolute Gasteiger partial charge is 0.254 e. The molecule has 2 atom stereocenters. The van der Waals surface area contributed by atoms with Crippen LogP contribution in [0.5, 0.6) is 0 Å². The number of aliphatic hydroxyl groups excluding tert-OH is 1. The number of amides is 1. The minimum Gasteiger partial charge on any atom is -0.393 e. The quantitative estimate of drug-likeness (QED) is 0.899. The van der Waals surface area contributed by atoms with E-state index in [0.29, 0.717) is 12.1 Å². The van der Waals surface area contributed by atoms with Crippen molar-refractivity contribution in [2.45, 2.75) is 25.4 Å². The number of rotatable bonds is 4. The highest BCUT2D eigenvalue weighted by molar-refractivity contribution is 5.93. The lowest BCUT2D eigenvalue weighted by atomic mass is 10.1. The number of carbonyl (C=O) groups excluding carboxylic acids is 1. The third-order valence-electron chi connectivity index (χ3n) is 4.01. The average molecular weight is 285 g/mol. The van der Waals surface area contributed by atoms with Crippen LogP contribution in [-0.2, 0) is 0 Å². The fraction of sp³-hybridized carbons (Fsp3) is 0.375. The molecule has 1 aromatic carbocycles. The van der Waals surface area contributed by atoms with Crippen LogP contribution in [0.15, 0.2) is 42.7 Å².